The summed E-state index contributed by atoms with van der Waals surface area (Å²) in [4.78, 5) is 12.2. The predicted molar refractivity (Wildman–Crippen MR) is 71.5 cm³/mol. The topological polar surface area (TPSA) is 35.5 Å². The lowest BCUT2D eigenvalue weighted by Crippen LogP contribution is -2.25. The quantitative estimate of drug-likeness (QED) is 0.745. The van der Waals surface area contributed by atoms with E-state index in [0.717, 1.165) is 5.56 Å². The number of rotatable bonds is 7. The molecule has 3 heteroatoms. The summed E-state index contributed by atoms with van der Waals surface area (Å²) in [6, 6.07) is 9.57. The first kappa shape index (κ1) is 14.9. The minimum absolute atomic E-state index is 0.0915. The highest BCUT2D eigenvalue weighted by Crippen LogP contribution is 2.23. The van der Waals surface area contributed by atoms with Crippen LogP contribution in [-0.2, 0) is 14.3 Å². The molecular formula is C15H22O3. The Hall–Kier alpha value is -1.19. The van der Waals surface area contributed by atoms with Crippen LogP contribution in [0, 0.1) is 0 Å². The van der Waals surface area contributed by atoms with Gasteiger partial charge in [0, 0.05) is 20.6 Å². The number of Topliss-reactive ketones (excluding diaryl/α,β-unsaturated/α-hetero) is 1. The number of carbonyl (C=O) groups is 1. The molecule has 1 atom stereocenters. The van der Waals surface area contributed by atoms with Crippen LogP contribution in [0.2, 0.25) is 0 Å². The number of hydrogen-bond donors (Lipinski definition) is 0. The fourth-order valence-corrected chi connectivity index (χ4v) is 1.74. The molecule has 0 saturated heterocycles. The molecule has 1 rings (SSSR count). The second-order valence-electron chi connectivity index (χ2n) is 4.96. The molecule has 0 N–H and O–H groups in total. The molecule has 0 radical (unpaired) electrons. The number of ketones is 1. The Kier molecular flexibility index (Phi) is 5.51. The van der Waals surface area contributed by atoms with E-state index in [1.165, 1.54) is 0 Å². The number of carbonyl (C=O) groups excluding carboxylic acids is 1. The van der Waals surface area contributed by atoms with E-state index in [-0.39, 0.29) is 11.4 Å². The van der Waals surface area contributed by atoms with Gasteiger partial charge >= 0.3 is 0 Å². The van der Waals surface area contributed by atoms with Crippen molar-refractivity contribution in [1.29, 1.82) is 0 Å². The van der Waals surface area contributed by atoms with Crippen LogP contribution in [0.5, 0.6) is 0 Å². The molecule has 0 aliphatic rings. The Balaban J connectivity index is 2.64. The van der Waals surface area contributed by atoms with E-state index >= 15 is 0 Å². The first-order valence-electron chi connectivity index (χ1n) is 6.16. The maximum absolute atomic E-state index is 12.2. The van der Waals surface area contributed by atoms with Crippen LogP contribution in [-0.4, -0.2) is 25.6 Å². The minimum atomic E-state index is -0.473. The maximum atomic E-state index is 12.2. The standard InChI is InChI=1S/C15H22O3/c1-15(2,18-4)11-10-13(16)14(17-3)12-8-6-5-7-9-12/h5-9,14H,10-11H2,1-4H3. The molecule has 3 nitrogen and oxygen atoms in total. The number of ether oxygens (including phenoxy) is 2. The van der Waals surface area contributed by atoms with Crippen molar-refractivity contribution in [2.45, 2.75) is 38.4 Å². The van der Waals surface area contributed by atoms with Crippen molar-refractivity contribution < 1.29 is 14.3 Å². The van der Waals surface area contributed by atoms with Crippen molar-refractivity contribution >= 4 is 5.78 Å². The highest BCUT2D eigenvalue weighted by Gasteiger charge is 2.23. The van der Waals surface area contributed by atoms with Gasteiger partial charge < -0.3 is 9.47 Å². The van der Waals surface area contributed by atoms with E-state index in [1.54, 1.807) is 14.2 Å². The van der Waals surface area contributed by atoms with Gasteiger partial charge in [-0.25, -0.2) is 0 Å². The summed E-state index contributed by atoms with van der Waals surface area (Å²) in [6.45, 7) is 3.95. The Labute approximate surface area is 109 Å². The Morgan fingerprint density at radius 2 is 1.83 bits per heavy atom. The number of hydrogen-bond acceptors (Lipinski definition) is 3. The Bertz CT molecular complexity index is 371. The first-order chi connectivity index (χ1) is 8.50. The largest absolute Gasteiger partial charge is 0.379 e. The van der Waals surface area contributed by atoms with Crippen LogP contribution in [0.25, 0.3) is 0 Å². The van der Waals surface area contributed by atoms with Gasteiger partial charge in [-0.15, -0.1) is 0 Å². The minimum Gasteiger partial charge on any atom is -0.379 e. The molecule has 0 aromatic heterocycles. The van der Waals surface area contributed by atoms with E-state index in [1.807, 2.05) is 44.2 Å². The molecule has 0 amide bonds. The average molecular weight is 250 g/mol. The molecule has 1 aromatic carbocycles. The van der Waals surface area contributed by atoms with Gasteiger partial charge in [0.15, 0.2) is 5.78 Å². The lowest BCUT2D eigenvalue weighted by Gasteiger charge is -2.23. The van der Waals surface area contributed by atoms with Crippen molar-refractivity contribution in [3.05, 3.63) is 35.9 Å². The van der Waals surface area contributed by atoms with Gasteiger partial charge in [0.2, 0.25) is 0 Å². The molecule has 18 heavy (non-hydrogen) atoms. The van der Waals surface area contributed by atoms with E-state index in [4.69, 9.17) is 9.47 Å². The van der Waals surface area contributed by atoms with Gasteiger partial charge in [-0.2, -0.15) is 0 Å². The molecule has 0 bridgehead atoms. The fraction of sp³-hybridized carbons (Fsp3) is 0.533. The predicted octanol–water partition coefficient (Wildman–Crippen LogP) is 3.15. The average Bonchev–Trinajstić information content (AvgIpc) is 2.39. The van der Waals surface area contributed by atoms with Gasteiger partial charge in [-0.1, -0.05) is 30.3 Å². The SMILES string of the molecule is COC(C(=O)CCC(C)(C)OC)c1ccccc1. The molecule has 0 aliphatic heterocycles. The highest BCUT2D eigenvalue weighted by molar-refractivity contribution is 5.84. The van der Waals surface area contributed by atoms with E-state index < -0.39 is 6.10 Å². The van der Waals surface area contributed by atoms with Crippen molar-refractivity contribution in [2.24, 2.45) is 0 Å². The monoisotopic (exact) mass is 250 g/mol. The molecule has 1 unspecified atom stereocenters. The molecular weight excluding hydrogens is 228 g/mol. The van der Waals surface area contributed by atoms with Crippen LogP contribution in [0.1, 0.15) is 38.4 Å². The summed E-state index contributed by atoms with van der Waals surface area (Å²) in [5.41, 5.74) is 0.630. The first-order valence-corrected chi connectivity index (χ1v) is 6.16. The number of benzene rings is 1. The molecule has 1 aromatic rings. The summed E-state index contributed by atoms with van der Waals surface area (Å²) >= 11 is 0. The smallest absolute Gasteiger partial charge is 0.166 e. The van der Waals surface area contributed by atoms with E-state index in [0.29, 0.717) is 12.8 Å². The van der Waals surface area contributed by atoms with Crippen LogP contribution < -0.4 is 0 Å². The molecule has 0 saturated carbocycles. The Morgan fingerprint density at radius 1 is 1.22 bits per heavy atom. The normalized spacial score (nSPS) is 13.3. The third-order valence-electron chi connectivity index (χ3n) is 3.16. The van der Waals surface area contributed by atoms with Gasteiger partial charge in [-0.3, -0.25) is 4.79 Å². The zero-order valence-corrected chi connectivity index (χ0v) is 11.6. The zero-order chi connectivity index (χ0) is 13.6. The second kappa shape index (κ2) is 6.66. The van der Waals surface area contributed by atoms with Gasteiger partial charge in [0.1, 0.15) is 6.10 Å². The van der Waals surface area contributed by atoms with Crippen LogP contribution >= 0.6 is 0 Å². The van der Waals surface area contributed by atoms with Gasteiger partial charge in [-0.05, 0) is 25.8 Å². The van der Waals surface area contributed by atoms with Crippen molar-refractivity contribution in [3.63, 3.8) is 0 Å². The molecule has 0 aliphatic carbocycles. The Morgan fingerprint density at radius 3 is 2.33 bits per heavy atom. The molecule has 0 spiro atoms. The summed E-state index contributed by atoms with van der Waals surface area (Å²) in [7, 11) is 3.23. The van der Waals surface area contributed by atoms with Crippen molar-refractivity contribution in [2.75, 3.05) is 14.2 Å². The number of methoxy groups -OCH3 is 2. The van der Waals surface area contributed by atoms with Crippen molar-refractivity contribution in [3.8, 4) is 0 Å². The highest BCUT2D eigenvalue weighted by atomic mass is 16.5. The van der Waals surface area contributed by atoms with Crippen LogP contribution in [0.15, 0.2) is 30.3 Å². The zero-order valence-electron chi connectivity index (χ0n) is 11.6. The summed E-state index contributed by atoms with van der Waals surface area (Å²) in [6.07, 6.45) is 0.669. The lowest BCUT2D eigenvalue weighted by molar-refractivity contribution is -0.130. The van der Waals surface area contributed by atoms with Crippen LogP contribution in [0.3, 0.4) is 0 Å². The lowest BCUT2D eigenvalue weighted by atomic mass is 9.96. The summed E-state index contributed by atoms with van der Waals surface area (Å²) in [5, 5.41) is 0. The van der Waals surface area contributed by atoms with Crippen molar-refractivity contribution in [1.82, 2.24) is 0 Å². The third-order valence-corrected chi connectivity index (χ3v) is 3.16. The maximum Gasteiger partial charge on any atom is 0.166 e. The van der Waals surface area contributed by atoms with Gasteiger partial charge in [0.05, 0.1) is 5.60 Å². The summed E-state index contributed by atoms with van der Waals surface area (Å²) < 4.78 is 10.6. The second-order valence-corrected chi connectivity index (χ2v) is 4.96. The van der Waals surface area contributed by atoms with Crippen LogP contribution in [0.4, 0.5) is 0 Å². The summed E-state index contributed by atoms with van der Waals surface area (Å²) in [5.74, 6) is 0.0915. The molecule has 100 valence electrons. The fourth-order valence-electron chi connectivity index (χ4n) is 1.74. The van der Waals surface area contributed by atoms with Gasteiger partial charge in [0.25, 0.3) is 0 Å². The third kappa shape index (κ3) is 4.24. The van der Waals surface area contributed by atoms with E-state index in [9.17, 15) is 4.79 Å². The molecule has 0 fully saturated rings. The molecule has 0 heterocycles. The van der Waals surface area contributed by atoms with E-state index in [2.05, 4.69) is 0 Å².